The van der Waals surface area contributed by atoms with Crippen LogP contribution in [0.5, 0.6) is 0 Å². The van der Waals surface area contributed by atoms with E-state index < -0.39 is 23.5 Å². The van der Waals surface area contributed by atoms with Gasteiger partial charge in [0.05, 0.1) is 12.1 Å². The van der Waals surface area contributed by atoms with E-state index >= 15 is 0 Å². The fourth-order valence-corrected chi connectivity index (χ4v) is 1.23. The van der Waals surface area contributed by atoms with E-state index in [2.05, 4.69) is 5.32 Å². The van der Waals surface area contributed by atoms with Gasteiger partial charge in [0.1, 0.15) is 5.82 Å². The molecule has 1 amide bonds. The number of primary amides is 1. The number of rotatable bonds is 4. The fraction of sp³-hybridized carbons (Fsp3) is 0.300. The number of carbonyl (C=O) groups excluding carboxylic acids is 1. The molecule has 0 spiro atoms. The number of alkyl halides is 3. The summed E-state index contributed by atoms with van der Waals surface area (Å²) in [5.41, 5.74) is 3.74. The lowest BCUT2D eigenvalue weighted by Crippen LogP contribution is -2.28. The van der Waals surface area contributed by atoms with E-state index in [4.69, 9.17) is 5.73 Å². The van der Waals surface area contributed by atoms with Crippen LogP contribution in [0.4, 0.5) is 17.6 Å². The third-order valence-corrected chi connectivity index (χ3v) is 1.96. The summed E-state index contributed by atoms with van der Waals surface area (Å²) >= 11 is 0. The Morgan fingerprint density at radius 2 is 2.00 bits per heavy atom. The van der Waals surface area contributed by atoms with Crippen LogP contribution >= 0.6 is 0 Å². The van der Waals surface area contributed by atoms with Crippen LogP contribution in [0, 0.1) is 5.82 Å². The number of nitrogens with two attached hydrogens (primary N) is 1. The van der Waals surface area contributed by atoms with Crippen LogP contribution in [0.15, 0.2) is 18.2 Å². The summed E-state index contributed by atoms with van der Waals surface area (Å²) in [5, 5.41) is 2.53. The quantitative estimate of drug-likeness (QED) is 0.794. The Morgan fingerprint density at radius 1 is 1.35 bits per heavy atom. The van der Waals surface area contributed by atoms with E-state index in [1.54, 1.807) is 0 Å². The highest BCUT2D eigenvalue weighted by Crippen LogP contribution is 2.31. The van der Waals surface area contributed by atoms with Gasteiger partial charge in [-0.15, -0.1) is 0 Å². The summed E-state index contributed by atoms with van der Waals surface area (Å²) in [6, 6.07) is 2.64. The van der Waals surface area contributed by atoms with Gasteiger partial charge in [0, 0.05) is 6.54 Å². The molecule has 1 rings (SSSR count). The third kappa shape index (κ3) is 4.03. The molecule has 0 atom stereocenters. The second kappa shape index (κ2) is 5.13. The van der Waals surface area contributed by atoms with Gasteiger partial charge in [-0.25, -0.2) is 4.39 Å². The second-order valence-electron chi connectivity index (χ2n) is 3.38. The van der Waals surface area contributed by atoms with E-state index in [9.17, 15) is 22.4 Å². The van der Waals surface area contributed by atoms with Crippen molar-refractivity contribution in [2.45, 2.75) is 12.7 Å². The molecule has 0 bridgehead atoms. The zero-order chi connectivity index (χ0) is 13.1. The van der Waals surface area contributed by atoms with E-state index in [0.717, 1.165) is 6.07 Å². The molecular weight excluding hydrogens is 240 g/mol. The highest BCUT2D eigenvalue weighted by molar-refractivity contribution is 5.75. The van der Waals surface area contributed by atoms with Crippen LogP contribution in [0.1, 0.15) is 11.1 Å². The largest absolute Gasteiger partial charge is 0.419 e. The molecule has 0 heterocycles. The van der Waals surface area contributed by atoms with Crippen molar-refractivity contribution in [3.05, 3.63) is 35.1 Å². The maximum absolute atomic E-state index is 12.9. The highest BCUT2D eigenvalue weighted by Gasteiger charge is 2.34. The zero-order valence-electron chi connectivity index (χ0n) is 8.64. The van der Waals surface area contributed by atoms with Crippen molar-refractivity contribution in [3.8, 4) is 0 Å². The molecule has 0 aliphatic heterocycles. The average molecular weight is 250 g/mol. The lowest BCUT2D eigenvalue weighted by molar-refractivity contribution is -0.140. The summed E-state index contributed by atoms with van der Waals surface area (Å²) in [4.78, 5) is 10.4. The van der Waals surface area contributed by atoms with Gasteiger partial charge in [-0.3, -0.25) is 4.79 Å². The van der Waals surface area contributed by atoms with E-state index in [0.29, 0.717) is 6.07 Å². The number of benzene rings is 1. The number of carbonyl (C=O) groups is 1. The topological polar surface area (TPSA) is 55.1 Å². The Balaban J connectivity index is 2.79. The fourth-order valence-electron chi connectivity index (χ4n) is 1.23. The monoisotopic (exact) mass is 250 g/mol. The van der Waals surface area contributed by atoms with Crippen molar-refractivity contribution in [1.29, 1.82) is 0 Å². The van der Waals surface area contributed by atoms with Gasteiger partial charge >= 0.3 is 6.18 Å². The highest BCUT2D eigenvalue weighted by atomic mass is 19.4. The van der Waals surface area contributed by atoms with Crippen molar-refractivity contribution < 1.29 is 22.4 Å². The van der Waals surface area contributed by atoms with Gasteiger partial charge in [-0.1, -0.05) is 6.07 Å². The van der Waals surface area contributed by atoms with Crippen LogP contribution in [0.2, 0.25) is 0 Å². The Hall–Kier alpha value is -1.63. The van der Waals surface area contributed by atoms with Crippen molar-refractivity contribution in [2.75, 3.05) is 6.54 Å². The minimum absolute atomic E-state index is 0.00625. The molecule has 3 nitrogen and oxygen atoms in total. The van der Waals surface area contributed by atoms with Crippen LogP contribution in [0.25, 0.3) is 0 Å². The lowest BCUT2D eigenvalue weighted by atomic mass is 10.1. The molecule has 0 aromatic heterocycles. The molecule has 0 aliphatic carbocycles. The lowest BCUT2D eigenvalue weighted by Gasteiger charge is -2.10. The molecule has 7 heteroatoms. The zero-order valence-corrected chi connectivity index (χ0v) is 8.64. The van der Waals surface area contributed by atoms with Crippen molar-refractivity contribution >= 4 is 5.91 Å². The number of nitrogens with one attached hydrogen (secondary N) is 1. The molecule has 0 fully saturated rings. The normalized spacial score (nSPS) is 11.5. The molecule has 0 saturated heterocycles. The third-order valence-electron chi connectivity index (χ3n) is 1.96. The molecule has 17 heavy (non-hydrogen) atoms. The molecule has 1 aromatic carbocycles. The summed E-state index contributed by atoms with van der Waals surface area (Å²) in [6.07, 6.45) is -4.73. The van der Waals surface area contributed by atoms with E-state index in [-0.39, 0.29) is 18.7 Å². The van der Waals surface area contributed by atoms with Gasteiger partial charge in [0.2, 0.25) is 5.91 Å². The summed E-state index contributed by atoms with van der Waals surface area (Å²) in [6.45, 7) is -0.148. The second-order valence-corrected chi connectivity index (χ2v) is 3.38. The smallest absolute Gasteiger partial charge is 0.369 e. The van der Waals surface area contributed by atoms with Gasteiger partial charge in [0.15, 0.2) is 0 Å². The average Bonchev–Trinajstić information content (AvgIpc) is 2.18. The molecular formula is C10H10F4N2O. The first kappa shape index (κ1) is 13.4. The van der Waals surface area contributed by atoms with Crippen molar-refractivity contribution in [1.82, 2.24) is 5.32 Å². The van der Waals surface area contributed by atoms with Gasteiger partial charge in [-0.05, 0) is 17.7 Å². The predicted octanol–water partition coefficient (Wildman–Crippen LogP) is 1.42. The van der Waals surface area contributed by atoms with Crippen LogP contribution in [-0.4, -0.2) is 12.5 Å². The number of hydrogen-bond acceptors (Lipinski definition) is 2. The maximum atomic E-state index is 12.9. The molecule has 0 aliphatic rings. The van der Waals surface area contributed by atoms with Crippen LogP contribution in [0.3, 0.4) is 0 Å². The van der Waals surface area contributed by atoms with Crippen molar-refractivity contribution in [2.24, 2.45) is 5.73 Å². The van der Waals surface area contributed by atoms with Crippen LogP contribution in [-0.2, 0) is 17.5 Å². The molecule has 0 radical (unpaired) electrons. The van der Waals surface area contributed by atoms with Gasteiger partial charge in [0.25, 0.3) is 0 Å². The molecule has 0 saturated carbocycles. The van der Waals surface area contributed by atoms with Crippen molar-refractivity contribution in [3.63, 3.8) is 0 Å². The van der Waals surface area contributed by atoms with E-state index in [1.807, 2.05) is 0 Å². The number of amides is 1. The van der Waals surface area contributed by atoms with E-state index in [1.165, 1.54) is 6.07 Å². The summed E-state index contributed by atoms with van der Waals surface area (Å²) < 4.78 is 49.9. The Kier molecular flexibility index (Phi) is 4.06. The summed E-state index contributed by atoms with van der Waals surface area (Å²) in [5.74, 6) is -1.95. The van der Waals surface area contributed by atoms with Crippen LogP contribution < -0.4 is 11.1 Å². The first-order valence-electron chi connectivity index (χ1n) is 4.65. The van der Waals surface area contributed by atoms with Gasteiger partial charge < -0.3 is 11.1 Å². The Morgan fingerprint density at radius 3 is 2.53 bits per heavy atom. The molecule has 0 unspecified atom stereocenters. The first-order valence-corrected chi connectivity index (χ1v) is 4.65. The Bertz CT molecular complexity index is 417. The number of halogens is 4. The molecule has 3 N–H and O–H groups in total. The Labute approximate surface area is 94.6 Å². The minimum Gasteiger partial charge on any atom is -0.369 e. The standard InChI is InChI=1S/C10H10F4N2O/c11-8-2-1-6(4-16-5-9(15)17)3-7(8)10(12,13)14/h1-3,16H,4-5H2,(H2,15,17). The van der Waals surface area contributed by atoms with Gasteiger partial charge in [-0.2, -0.15) is 13.2 Å². The maximum Gasteiger partial charge on any atom is 0.419 e. The molecule has 1 aromatic rings. The SMILES string of the molecule is NC(=O)CNCc1ccc(F)c(C(F)(F)F)c1. The molecule has 94 valence electrons. The predicted molar refractivity (Wildman–Crippen MR) is 52.3 cm³/mol. The first-order chi connectivity index (χ1) is 7.80. The number of hydrogen-bond donors (Lipinski definition) is 2. The summed E-state index contributed by atoms with van der Waals surface area (Å²) in [7, 11) is 0. The minimum atomic E-state index is -4.73.